The molecule has 0 unspecified atom stereocenters. The number of hydrogen-bond donors (Lipinski definition) is 0. The molecule has 0 aromatic heterocycles. The summed E-state index contributed by atoms with van der Waals surface area (Å²) < 4.78 is 13.0. The van der Waals surface area contributed by atoms with Crippen LogP contribution in [0.25, 0.3) is 10.8 Å². The molecule has 0 spiro atoms. The molecule has 4 aromatic carbocycles. The smallest absolute Gasteiger partial charge is 0.123 e. The summed E-state index contributed by atoms with van der Waals surface area (Å²) in [5, 5.41) is 2.79. The van der Waals surface area contributed by atoms with E-state index in [2.05, 4.69) is 23.7 Å². The molecule has 0 radical (unpaired) electrons. The lowest BCUT2D eigenvalue weighted by molar-refractivity contribution is 0.627. The van der Waals surface area contributed by atoms with Crippen molar-refractivity contribution < 1.29 is 4.39 Å². The summed E-state index contributed by atoms with van der Waals surface area (Å²) in [6, 6.07) is 25.7. The first-order chi connectivity index (χ1) is 13.7. The van der Waals surface area contributed by atoms with E-state index in [0.29, 0.717) is 5.02 Å². The maximum Gasteiger partial charge on any atom is 0.123 e. The highest BCUT2D eigenvalue weighted by atomic mass is 35.5. The third-order valence-electron chi connectivity index (χ3n) is 4.30. The largest absolute Gasteiger partial charge is 0.207 e. The van der Waals surface area contributed by atoms with Crippen molar-refractivity contribution in [2.75, 3.05) is 0 Å². The molecule has 0 atom stereocenters. The topological polar surface area (TPSA) is 0 Å². The van der Waals surface area contributed by atoms with E-state index in [0.717, 1.165) is 33.0 Å². The minimum Gasteiger partial charge on any atom is -0.207 e. The molecular formula is C26H14ClF. The fourth-order valence-corrected chi connectivity index (χ4v) is 2.99. The molecule has 0 aliphatic rings. The second-order valence-electron chi connectivity index (χ2n) is 6.22. The predicted octanol–water partition coefficient (Wildman–Crippen LogP) is 6.43. The van der Waals surface area contributed by atoms with Gasteiger partial charge in [0, 0.05) is 27.3 Å². The van der Waals surface area contributed by atoms with Crippen molar-refractivity contribution >= 4 is 22.4 Å². The molecule has 0 saturated heterocycles. The second-order valence-corrected chi connectivity index (χ2v) is 6.66. The van der Waals surface area contributed by atoms with Gasteiger partial charge in [-0.1, -0.05) is 59.5 Å². The van der Waals surface area contributed by atoms with Crippen LogP contribution >= 0.6 is 11.6 Å². The van der Waals surface area contributed by atoms with Gasteiger partial charge in [0.15, 0.2) is 0 Å². The molecule has 0 aliphatic heterocycles. The SMILES string of the molecule is Fc1ccc(C#Cc2ccc(C#Cc3ccc(Cl)cc3)c3ccccc23)cc1. The van der Waals surface area contributed by atoms with Gasteiger partial charge < -0.3 is 0 Å². The molecule has 0 aliphatic carbocycles. The summed E-state index contributed by atoms with van der Waals surface area (Å²) in [5.74, 6) is 12.5. The van der Waals surface area contributed by atoms with Crippen LogP contribution < -0.4 is 0 Å². The van der Waals surface area contributed by atoms with Gasteiger partial charge in [-0.15, -0.1) is 0 Å². The van der Waals surface area contributed by atoms with E-state index < -0.39 is 0 Å². The Morgan fingerprint density at radius 2 is 1.00 bits per heavy atom. The number of hydrogen-bond acceptors (Lipinski definition) is 0. The Bertz CT molecular complexity index is 1160. The third kappa shape index (κ3) is 4.07. The average molecular weight is 381 g/mol. The highest BCUT2D eigenvalue weighted by Gasteiger charge is 2.02. The number of fused-ring (bicyclic) bond motifs is 1. The van der Waals surface area contributed by atoms with Gasteiger partial charge in [0.25, 0.3) is 0 Å². The first-order valence-electron chi connectivity index (χ1n) is 8.76. The van der Waals surface area contributed by atoms with Crippen molar-refractivity contribution in [3.8, 4) is 23.7 Å². The minimum absolute atomic E-state index is 0.264. The van der Waals surface area contributed by atoms with Crippen LogP contribution in [0, 0.1) is 29.5 Å². The van der Waals surface area contributed by atoms with Gasteiger partial charge in [-0.05, 0) is 71.4 Å². The molecule has 28 heavy (non-hydrogen) atoms. The van der Waals surface area contributed by atoms with Gasteiger partial charge in [-0.2, -0.15) is 0 Å². The molecule has 2 heteroatoms. The van der Waals surface area contributed by atoms with E-state index in [-0.39, 0.29) is 5.82 Å². The Hall–Kier alpha value is -3.52. The second kappa shape index (κ2) is 8.01. The molecule has 0 amide bonds. The van der Waals surface area contributed by atoms with Gasteiger partial charge in [0.1, 0.15) is 5.82 Å². The highest BCUT2D eigenvalue weighted by molar-refractivity contribution is 6.30. The van der Waals surface area contributed by atoms with Gasteiger partial charge in [-0.25, -0.2) is 4.39 Å². The van der Waals surface area contributed by atoms with Crippen LogP contribution in [0.4, 0.5) is 4.39 Å². The normalized spacial score (nSPS) is 9.93. The molecule has 132 valence electrons. The lowest BCUT2D eigenvalue weighted by atomic mass is 9.99. The Balaban J connectivity index is 1.73. The Morgan fingerprint density at radius 1 is 0.536 bits per heavy atom. The van der Waals surface area contributed by atoms with Gasteiger partial charge in [0.2, 0.25) is 0 Å². The van der Waals surface area contributed by atoms with Crippen LogP contribution in [-0.2, 0) is 0 Å². The molecule has 4 aromatic rings. The van der Waals surface area contributed by atoms with Crippen molar-refractivity contribution in [1.82, 2.24) is 0 Å². The lowest BCUT2D eigenvalue weighted by Gasteiger charge is -2.03. The van der Waals surface area contributed by atoms with Crippen molar-refractivity contribution in [3.63, 3.8) is 0 Å². The Labute approximate surface area is 168 Å². The van der Waals surface area contributed by atoms with Crippen LogP contribution in [0.15, 0.2) is 84.9 Å². The quantitative estimate of drug-likeness (QED) is 0.308. The Morgan fingerprint density at radius 3 is 1.50 bits per heavy atom. The van der Waals surface area contributed by atoms with Gasteiger partial charge in [-0.3, -0.25) is 0 Å². The number of benzene rings is 4. The molecule has 0 N–H and O–H groups in total. The molecule has 0 saturated carbocycles. The van der Waals surface area contributed by atoms with Crippen LogP contribution in [0.2, 0.25) is 5.02 Å². The molecular weight excluding hydrogens is 367 g/mol. The van der Waals surface area contributed by atoms with E-state index in [1.54, 1.807) is 12.1 Å². The summed E-state index contributed by atoms with van der Waals surface area (Å²) in [6.07, 6.45) is 0. The van der Waals surface area contributed by atoms with Gasteiger partial charge >= 0.3 is 0 Å². The first-order valence-corrected chi connectivity index (χ1v) is 9.14. The first kappa shape index (κ1) is 17.9. The summed E-state index contributed by atoms with van der Waals surface area (Å²) in [4.78, 5) is 0. The van der Waals surface area contributed by atoms with Crippen molar-refractivity contribution in [2.45, 2.75) is 0 Å². The van der Waals surface area contributed by atoms with E-state index >= 15 is 0 Å². The summed E-state index contributed by atoms with van der Waals surface area (Å²) in [7, 11) is 0. The fourth-order valence-electron chi connectivity index (χ4n) is 2.86. The lowest BCUT2D eigenvalue weighted by Crippen LogP contribution is -1.85. The fraction of sp³-hybridized carbons (Fsp3) is 0. The summed E-state index contributed by atoms with van der Waals surface area (Å²) in [6.45, 7) is 0. The predicted molar refractivity (Wildman–Crippen MR) is 114 cm³/mol. The van der Waals surface area contributed by atoms with Crippen molar-refractivity contribution in [1.29, 1.82) is 0 Å². The zero-order valence-electron chi connectivity index (χ0n) is 14.8. The maximum atomic E-state index is 13.0. The average Bonchev–Trinajstić information content (AvgIpc) is 2.73. The number of rotatable bonds is 0. The molecule has 0 fully saturated rings. The summed E-state index contributed by atoms with van der Waals surface area (Å²) >= 11 is 5.93. The Kier molecular flexibility index (Phi) is 5.11. The van der Waals surface area contributed by atoms with Crippen LogP contribution in [0.1, 0.15) is 22.3 Å². The third-order valence-corrected chi connectivity index (χ3v) is 4.55. The molecule has 0 nitrogen and oxygen atoms in total. The maximum absolute atomic E-state index is 13.0. The standard InChI is InChI=1S/C26H14ClF/c27-23-15-7-19(8-16-23)5-11-21-13-14-22(26-4-2-1-3-25(21)26)12-6-20-9-17-24(28)18-10-20/h1-4,7-10,13-18H. The van der Waals surface area contributed by atoms with E-state index in [4.69, 9.17) is 11.6 Å². The molecule has 0 bridgehead atoms. The van der Waals surface area contributed by atoms with E-state index in [9.17, 15) is 4.39 Å². The van der Waals surface area contributed by atoms with Crippen molar-refractivity contribution in [3.05, 3.63) is 118 Å². The molecule has 0 heterocycles. The zero-order chi connectivity index (χ0) is 19.3. The van der Waals surface area contributed by atoms with Crippen molar-refractivity contribution in [2.24, 2.45) is 0 Å². The monoisotopic (exact) mass is 380 g/mol. The van der Waals surface area contributed by atoms with Gasteiger partial charge in [0.05, 0.1) is 0 Å². The van der Waals surface area contributed by atoms with E-state index in [1.807, 2.05) is 60.7 Å². The van der Waals surface area contributed by atoms with Crippen LogP contribution in [0.5, 0.6) is 0 Å². The molecule has 4 rings (SSSR count). The van der Waals surface area contributed by atoms with Crippen LogP contribution in [-0.4, -0.2) is 0 Å². The zero-order valence-corrected chi connectivity index (χ0v) is 15.6. The summed E-state index contributed by atoms with van der Waals surface area (Å²) in [5.41, 5.74) is 3.54. The number of halogens is 2. The van der Waals surface area contributed by atoms with E-state index in [1.165, 1.54) is 12.1 Å². The van der Waals surface area contributed by atoms with Crippen LogP contribution in [0.3, 0.4) is 0 Å². The highest BCUT2D eigenvalue weighted by Crippen LogP contribution is 2.22. The minimum atomic E-state index is -0.264.